The lowest BCUT2D eigenvalue weighted by molar-refractivity contribution is 0.0904. The van der Waals surface area contributed by atoms with E-state index in [2.05, 4.69) is 36.1 Å². The summed E-state index contributed by atoms with van der Waals surface area (Å²) in [5.74, 6) is 0.547. The van der Waals surface area contributed by atoms with Crippen molar-refractivity contribution in [3.8, 4) is 0 Å². The molecule has 1 aromatic heterocycles. The van der Waals surface area contributed by atoms with Gasteiger partial charge in [-0.1, -0.05) is 20.8 Å². The fraction of sp³-hybridized carbons (Fsp3) is 0.615. The van der Waals surface area contributed by atoms with Gasteiger partial charge >= 0.3 is 0 Å². The highest BCUT2D eigenvalue weighted by Gasteiger charge is 2.22. The molecule has 5 nitrogen and oxygen atoms in total. The van der Waals surface area contributed by atoms with Crippen molar-refractivity contribution in [3.63, 3.8) is 0 Å². The number of amides is 1. The van der Waals surface area contributed by atoms with Crippen LogP contribution in [0.1, 0.15) is 38.2 Å². The lowest BCUT2D eigenvalue weighted by atomic mass is 9.88. The summed E-state index contributed by atoms with van der Waals surface area (Å²) in [6.45, 7) is 8.23. The molecule has 5 heteroatoms. The first-order chi connectivity index (χ1) is 8.21. The predicted octanol–water partition coefficient (Wildman–Crippen LogP) is 1.71. The molecule has 1 aromatic rings. The van der Waals surface area contributed by atoms with E-state index in [1.807, 2.05) is 25.9 Å². The van der Waals surface area contributed by atoms with Gasteiger partial charge in [-0.25, -0.2) is 9.97 Å². The molecule has 0 radical (unpaired) electrons. The Morgan fingerprint density at radius 3 is 2.28 bits per heavy atom. The van der Waals surface area contributed by atoms with Crippen LogP contribution in [-0.2, 0) is 0 Å². The largest absolute Gasteiger partial charge is 0.361 e. The smallest absolute Gasteiger partial charge is 0.271 e. The Hall–Kier alpha value is -1.65. The predicted molar refractivity (Wildman–Crippen MR) is 72.7 cm³/mol. The molecule has 0 fully saturated rings. The van der Waals surface area contributed by atoms with Crippen LogP contribution >= 0.6 is 0 Å². The fourth-order valence-corrected chi connectivity index (χ4v) is 1.16. The lowest BCUT2D eigenvalue weighted by Crippen LogP contribution is -2.41. The van der Waals surface area contributed by atoms with Crippen molar-refractivity contribution >= 4 is 11.7 Å². The maximum absolute atomic E-state index is 12.0. The minimum Gasteiger partial charge on any atom is -0.361 e. The first-order valence-electron chi connectivity index (χ1n) is 6.02. The average molecular weight is 250 g/mol. The number of hydrogen-bond acceptors (Lipinski definition) is 4. The summed E-state index contributed by atoms with van der Waals surface area (Å²) >= 11 is 0. The maximum atomic E-state index is 12.0. The van der Waals surface area contributed by atoms with E-state index < -0.39 is 0 Å². The van der Waals surface area contributed by atoms with Crippen LogP contribution in [0.5, 0.6) is 0 Å². The highest BCUT2D eigenvalue weighted by atomic mass is 16.1. The third-order valence-electron chi connectivity index (χ3n) is 2.98. The van der Waals surface area contributed by atoms with Crippen LogP contribution in [0, 0.1) is 5.41 Å². The van der Waals surface area contributed by atoms with Gasteiger partial charge in [0.1, 0.15) is 11.5 Å². The van der Waals surface area contributed by atoms with Crippen LogP contribution < -0.4 is 10.2 Å². The second kappa shape index (κ2) is 5.33. The quantitative estimate of drug-likeness (QED) is 0.887. The van der Waals surface area contributed by atoms with Crippen LogP contribution in [0.3, 0.4) is 0 Å². The van der Waals surface area contributed by atoms with Gasteiger partial charge in [-0.05, 0) is 12.3 Å². The molecule has 1 N–H and O–H groups in total. The normalized spacial score (nSPS) is 13.0. The van der Waals surface area contributed by atoms with Gasteiger partial charge in [-0.2, -0.15) is 0 Å². The van der Waals surface area contributed by atoms with E-state index in [0.717, 1.165) is 5.82 Å². The zero-order valence-corrected chi connectivity index (χ0v) is 12.0. The van der Waals surface area contributed by atoms with Gasteiger partial charge in [0.2, 0.25) is 0 Å². The van der Waals surface area contributed by atoms with E-state index in [9.17, 15) is 4.79 Å². The molecule has 0 aromatic carbocycles. The Balaban J connectivity index is 2.73. The highest BCUT2D eigenvalue weighted by molar-refractivity contribution is 5.92. The van der Waals surface area contributed by atoms with Crippen molar-refractivity contribution in [1.82, 2.24) is 15.3 Å². The third-order valence-corrected chi connectivity index (χ3v) is 2.98. The van der Waals surface area contributed by atoms with Crippen molar-refractivity contribution < 1.29 is 4.79 Å². The van der Waals surface area contributed by atoms with E-state index >= 15 is 0 Å². The van der Waals surface area contributed by atoms with Crippen LogP contribution in [0.15, 0.2) is 12.4 Å². The summed E-state index contributed by atoms with van der Waals surface area (Å²) in [4.78, 5) is 22.1. The SMILES string of the molecule is CC(NC(=O)c1cnc(N(C)C)cn1)C(C)(C)C. The topological polar surface area (TPSA) is 58.1 Å². The first-order valence-corrected chi connectivity index (χ1v) is 6.02. The number of hydrogen-bond donors (Lipinski definition) is 1. The lowest BCUT2D eigenvalue weighted by Gasteiger charge is -2.27. The van der Waals surface area contributed by atoms with Crippen molar-refractivity contribution in [2.24, 2.45) is 5.41 Å². The highest BCUT2D eigenvalue weighted by Crippen LogP contribution is 2.18. The molecule has 0 aliphatic rings. The number of aromatic nitrogens is 2. The van der Waals surface area contributed by atoms with Gasteiger partial charge in [0.05, 0.1) is 12.4 Å². The van der Waals surface area contributed by atoms with E-state index in [1.165, 1.54) is 6.20 Å². The molecule has 0 spiro atoms. The van der Waals surface area contributed by atoms with Crippen molar-refractivity contribution in [1.29, 1.82) is 0 Å². The van der Waals surface area contributed by atoms with Crippen LogP contribution in [-0.4, -0.2) is 36.0 Å². The summed E-state index contributed by atoms with van der Waals surface area (Å²) in [6.07, 6.45) is 3.09. The minimum atomic E-state index is -0.185. The Kier molecular flexibility index (Phi) is 4.27. The van der Waals surface area contributed by atoms with Gasteiger partial charge in [0.15, 0.2) is 0 Å². The zero-order valence-electron chi connectivity index (χ0n) is 12.0. The number of nitrogens with zero attached hydrogens (tertiary/aromatic N) is 3. The molecule has 1 unspecified atom stereocenters. The molecule has 18 heavy (non-hydrogen) atoms. The van der Waals surface area contributed by atoms with Crippen LogP contribution in [0.2, 0.25) is 0 Å². The molecule has 0 aliphatic heterocycles. The number of anilines is 1. The van der Waals surface area contributed by atoms with Gasteiger partial charge < -0.3 is 10.2 Å². The monoisotopic (exact) mass is 250 g/mol. The third kappa shape index (κ3) is 3.68. The second-order valence-electron chi connectivity index (χ2n) is 5.72. The Morgan fingerprint density at radius 2 is 1.89 bits per heavy atom. The second-order valence-corrected chi connectivity index (χ2v) is 5.72. The Bertz CT molecular complexity index is 406. The van der Waals surface area contributed by atoms with E-state index in [0.29, 0.717) is 5.69 Å². The molecule has 1 heterocycles. The van der Waals surface area contributed by atoms with Crippen molar-refractivity contribution in [3.05, 3.63) is 18.1 Å². The van der Waals surface area contributed by atoms with Crippen molar-refractivity contribution in [2.45, 2.75) is 33.7 Å². The fourth-order valence-electron chi connectivity index (χ4n) is 1.16. The van der Waals surface area contributed by atoms with Crippen molar-refractivity contribution in [2.75, 3.05) is 19.0 Å². The number of nitrogens with one attached hydrogen (secondary N) is 1. The molecule has 0 saturated heterocycles. The number of rotatable bonds is 3. The molecular formula is C13H22N4O. The standard InChI is InChI=1S/C13H22N4O/c1-9(13(2,3)4)16-12(18)10-7-15-11(8-14-10)17(5)6/h7-9H,1-6H3,(H,16,18). The van der Waals surface area contributed by atoms with Gasteiger partial charge in [0, 0.05) is 20.1 Å². The number of carbonyl (C=O) groups excluding carboxylic acids is 1. The summed E-state index contributed by atoms with van der Waals surface area (Å²) in [5, 5.41) is 2.93. The maximum Gasteiger partial charge on any atom is 0.271 e. The Labute approximate surface area is 109 Å². The minimum absolute atomic E-state index is 0.0205. The zero-order chi connectivity index (χ0) is 13.9. The van der Waals surface area contributed by atoms with Crippen LogP contribution in [0.4, 0.5) is 5.82 Å². The van der Waals surface area contributed by atoms with E-state index in [4.69, 9.17) is 0 Å². The summed E-state index contributed by atoms with van der Waals surface area (Å²) in [7, 11) is 3.76. The molecular weight excluding hydrogens is 228 g/mol. The summed E-state index contributed by atoms with van der Waals surface area (Å²) < 4.78 is 0. The summed E-state index contributed by atoms with van der Waals surface area (Å²) in [5.41, 5.74) is 0.365. The van der Waals surface area contributed by atoms with Gasteiger partial charge in [0.25, 0.3) is 5.91 Å². The van der Waals surface area contributed by atoms with Gasteiger partial charge in [-0.3, -0.25) is 4.79 Å². The molecule has 0 bridgehead atoms. The molecule has 1 atom stereocenters. The molecule has 0 saturated carbocycles. The number of carbonyl (C=O) groups is 1. The Morgan fingerprint density at radius 1 is 1.28 bits per heavy atom. The molecule has 0 aliphatic carbocycles. The van der Waals surface area contributed by atoms with E-state index in [1.54, 1.807) is 6.20 Å². The van der Waals surface area contributed by atoms with Crippen LogP contribution in [0.25, 0.3) is 0 Å². The average Bonchev–Trinajstić information content (AvgIpc) is 2.27. The molecule has 1 amide bonds. The first kappa shape index (κ1) is 14.4. The summed E-state index contributed by atoms with van der Waals surface area (Å²) in [6, 6.07) is 0.0697. The molecule has 1 rings (SSSR count). The molecule has 100 valence electrons. The van der Waals surface area contributed by atoms with Gasteiger partial charge in [-0.15, -0.1) is 0 Å². The van der Waals surface area contributed by atoms with E-state index in [-0.39, 0.29) is 17.4 Å².